The van der Waals surface area contributed by atoms with Gasteiger partial charge in [-0.15, -0.1) is 0 Å². The van der Waals surface area contributed by atoms with E-state index in [2.05, 4.69) is 52.2 Å². The molecule has 1 heterocycles. The van der Waals surface area contributed by atoms with Crippen LogP contribution >= 0.6 is 12.2 Å². The summed E-state index contributed by atoms with van der Waals surface area (Å²) in [7, 11) is 0. The quantitative estimate of drug-likeness (QED) is 0.428. The molecule has 0 radical (unpaired) electrons. The fraction of sp³-hybridized carbons (Fsp3) is 0.385. The first kappa shape index (κ1) is 23.0. The van der Waals surface area contributed by atoms with Gasteiger partial charge in [-0.1, -0.05) is 71.9 Å². The van der Waals surface area contributed by atoms with Gasteiger partial charge in [0.2, 0.25) is 0 Å². The van der Waals surface area contributed by atoms with E-state index in [1.165, 1.54) is 0 Å². The van der Waals surface area contributed by atoms with Crippen molar-refractivity contribution in [1.82, 2.24) is 10.6 Å². The number of phenols is 1. The molecular weight excluding hydrogens is 404 g/mol. The maximum absolute atomic E-state index is 13.5. The molecule has 0 aromatic heterocycles. The maximum atomic E-state index is 13.5. The van der Waals surface area contributed by atoms with Crippen LogP contribution in [0.3, 0.4) is 0 Å². The molecule has 0 amide bonds. The van der Waals surface area contributed by atoms with Gasteiger partial charge in [0.25, 0.3) is 0 Å². The van der Waals surface area contributed by atoms with Crippen LogP contribution in [0.25, 0.3) is 0 Å². The lowest BCUT2D eigenvalue weighted by molar-refractivity contribution is 0.102. The molecule has 0 saturated heterocycles. The van der Waals surface area contributed by atoms with E-state index in [4.69, 9.17) is 12.2 Å². The number of phenolic OH excluding ortho intramolecular Hbond substituents is 1. The SMILES string of the molecule is CC1=C(C(=O)c2ccccc2)C(c2cc(C(C)(C)C)c(O)c(C(C)(C)C)c2)NC(=S)N1. The van der Waals surface area contributed by atoms with E-state index in [9.17, 15) is 9.90 Å². The van der Waals surface area contributed by atoms with Crippen molar-refractivity contribution in [2.75, 3.05) is 0 Å². The van der Waals surface area contributed by atoms with Gasteiger partial charge in [-0.3, -0.25) is 4.79 Å². The Morgan fingerprint density at radius 2 is 1.48 bits per heavy atom. The van der Waals surface area contributed by atoms with Crippen LogP contribution in [-0.4, -0.2) is 16.0 Å². The summed E-state index contributed by atoms with van der Waals surface area (Å²) in [5, 5.41) is 18.0. The molecule has 5 heteroatoms. The number of allylic oxidation sites excluding steroid dienone is 1. The Morgan fingerprint density at radius 3 is 1.97 bits per heavy atom. The summed E-state index contributed by atoms with van der Waals surface area (Å²) in [6.45, 7) is 14.4. The minimum absolute atomic E-state index is 0.0479. The molecule has 1 aliphatic rings. The third-order valence-corrected chi connectivity index (χ3v) is 5.85. The maximum Gasteiger partial charge on any atom is 0.193 e. The topological polar surface area (TPSA) is 61.4 Å². The van der Waals surface area contributed by atoms with E-state index in [1.807, 2.05) is 49.4 Å². The Balaban J connectivity index is 2.24. The summed E-state index contributed by atoms with van der Waals surface area (Å²) in [6.07, 6.45) is 0. The first-order chi connectivity index (χ1) is 14.3. The number of thiocarbonyl (C=S) groups is 1. The van der Waals surface area contributed by atoms with Crippen molar-refractivity contribution in [3.63, 3.8) is 0 Å². The zero-order valence-corrected chi connectivity index (χ0v) is 20.2. The number of carbonyl (C=O) groups excluding carboxylic acids is 1. The van der Waals surface area contributed by atoms with Gasteiger partial charge in [-0.05, 0) is 58.8 Å². The van der Waals surface area contributed by atoms with Crippen molar-refractivity contribution in [1.29, 1.82) is 0 Å². The number of carbonyl (C=O) groups is 1. The molecule has 0 fully saturated rings. The summed E-state index contributed by atoms with van der Waals surface area (Å²) in [4.78, 5) is 13.5. The van der Waals surface area contributed by atoms with Crippen molar-refractivity contribution in [3.05, 3.63) is 76.0 Å². The van der Waals surface area contributed by atoms with Crippen LogP contribution in [0, 0.1) is 0 Å². The van der Waals surface area contributed by atoms with E-state index < -0.39 is 6.04 Å². The van der Waals surface area contributed by atoms with Crippen molar-refractivity contribution >= 4 is 23.1 Å². The van der Waals surface area contributed by atoms with Gasteiger partial charge in [0, 0.05) is 16.8 Å². The average molecular weight is 437 g/mol. The number of ketones is 1. The van der Waals surface area contributed by atoms with E-state index in [0.717, 1.165) is 22.4 Å². The molecule has 2 aromatic rings. The van der Waals surface area contributed by atoms with Gasteiger partial charge in [0.05, 0.1) is 6.04 Å². The molecule has 0 aliphatic carbocycles. The number of hydrogen-bond donors (Lipinski definition) is 3. The van der Waals surface area contributed by atoms with Gasteiger partial charge >= 0.3 is 0 Å². The molecule has 3 rings (SSSR count). The van der Waals surface area contributed by atoms with Crippen molar-refractivity contribution < 1.29 is 9.90 Å². The summed E-state index contributed by atoms with van der Waals surface area (Å²) < 4.78 is 0. The van der Waals surface area contributed by atoms with Gasteiger partial charge in [0.1, 0.15) is 5.75 Å². The number of rotatable bonds is 3. The third kappa shape index (κ3) is 4.67. The molecule has 164 valence electrons. The molecule has 1 unspecified atom stereocenters. The zero-order valence-electron chi connectivity index (χ0n) is 19.4. The smallest absolute Gasteiger partial charge is 0.193 e. The Morgan fingerprint density at radius 1 is 0.968 bits per heavy atom. The molecule has 0 saturated carbocycles. The molecule has 2 aromatic carbocycles. The molecule has 31 heavy (non-hydrogen) atoms. The van der Waals surface area contributed by atoms with Crippen LogP contribution in [0.4, 0.5) is 0 Å². The Kier molecular flexibility index (Phi) is 6.03. The zero-order chi connectivity index (χ0) is 23.1. The van der Waals surface area contributed by atoms with Crippen LogP contribution in [0.2, 0.25) is 0 Å². The standard InChI is InChI=1S/C26H32N2O2S/c1-15-20(22(29)16-11-9-8-10-12-16)21(28-24(31)27-15)17-13-18(25(2,3)4)23(30)19(14-17)26(5,6)7/h8-14,21,30H,1-7H3,(H2,27,28,31). The van der Waals surface area contributed by atoms with E-state index >= 15 is 0 Å². The minimum Gasteiger partial charge on any atom is -0.507 e. The number of benzene rings is 2. The number of Topliss-reactive ketones (excluding diaryl/α,β-unsaturated/α-hetero) is 1. The summed E-state index contributed by atoms with van der Waals surface area (Å²) in [5.41, 5.74) is 4.08. The predicted octanol–water partition coefficient (Wildman–Crippen LogP) is 5.66. The van der Waals surface area contributed by atoms with Gasteiger partial charge in [-0.2, -0.15) is 0 Å². The van der Waals surface area contributed by atoms with E-state index in [-0.39, 0.29) is 16.6 Å². The molecule has 1 atom stereocenters. The second kappa shape index (κ2) is 8.12. The van der Waals surface area contributed by atoms with Crippen molar-refractivity contribution in [3.8, 4) is 5.75 Å². The van der Waals surface area contributed by atoms with Gasteiger partial charge < -0.3 is 15.7 Å². The van der Waals surface area contributed by atoms with E-state index in [1.54, 1.807) is 0 Å². The number of hydrogen-bond acceptors (Lipinski definition) is 3. The molecule has 3 N–H and O–H groups in total. The van der Waals surface area contributed by atoms with Crippen LogP contribution in [-0.2, 0) is 10.8 Å². The fourth-order valence-electron chi connectivity index (χ4n) is 3.96. The largest absolute Gasteiger partial charge is 0.507 e. The van der Waals surface area contributed by atoms with Crippen molar-refractivity contribution in [2.45, 2.75) is 65.3 Å². The second-order valence-electron chi connectivity index (χ2n) is 10.2. The first-order valence-corrected chi connectivity index (χ1v) is 11.0. The summed E-state index contributed by atoms with van der Waals surface area (Å²) in [5.74, 6) is 0.269. The van der Waals surface area contributed by atoms with Crippen LogP contribution in [0.5, 0.6) is 5.75 Å². The Labute approximate surface area is 190 Å². The van der Waals surface area contributed by atoms with Crippen LogP contribution in [0.1, 0.15) is 81.6 Å². The summed E-state index contributed by atoms with van der Waals surface area (Å²) >= 11 is 5.44. The molecule has 0 spiro atoms. The first-order valence-electron chi connectivity index (χ1n) is 10.6. The molecule has 4 nitrogen and oxygen atoms in total. The van der Waals surface area contributed by atoms with E-state index in [0.29, 0.717) is 22.0 Å². The fourth-order valence-corrected chi connectivity index (χ4v) is 4.23. The molecule has 0 bridgehead atoms. The molecule has 1 aliphatic heterocycles. The van der Waals surface area contributed by atoms with Gasteiger partial charge in [-0.25, -0.2) is 0 Å². The lowest BCUT2D eigenvalue weighted by Gasteiger charge is -2.33. The lowest BCUT2D eigenvalue weighted by Crippen LogP contribution is -2.45. The Bertz CT molecular complexity index is 1020. The number of nitrogens with one attached hydrogen (secondary N) is 2. The highest BCUT2D eigenvalue weighted by molar-refractivity contribution is 7.80. The highest BCUT2D eigenvalue weighted by Crippen LogP contribution is 2.42. The van der Waals surface area contributed by atoms with Gasteiger partial charge in [0.15, 0.2) is 10.9 Å². The summed E-state index contributed by atoms with van der Waals surface area (Å²) in [6, 6.07) is 12.9. The monoisotopic (exact) mass is 436 g/mol. The lowest BCUT2D eigenvalue weighted by atomic mass is 9.76. The highest BCUT2D eigenvalue weighted by atomic mass is 32.1. The van der Waals surface area contributed by atoms with Crippen molar-refractivity contribution in [2.24, 2.45) is 0 Å². The predicted molar refractivity (Wildman–Crippen MR) is 131 cm³/mol. The number of aromatic hydroxyl groups is 1. The highest BCUT2D eigenvalue weighted by Gasteiger charge is 2.34. The minimum atomic E-state index is -0.413. The third-order valence-electron chi connectivity index (χ3n) is 5.63. The van der Waals surface area contributed by atoms with Crippen LogP contribution < -0.4 is 10.6 Å². The average Bonchev–Trinajstić information content (AvgIpc) is 2.66. The normalized spacial score (nSPS) is 17.3. The second-order valence-corrected chi connectivity index (χ2v) is 10.6. The Hall–Kier alpha value is -2.66. The van der Waals surface area contributed by atoms with Crippen LogP contribution in [0.15, 0.2) is 53.7 Å². The molecular formula is C26H32N2O2S.